The van der Waals surface area contributed by atoms with Gasteiger partial charge in [0.05, 0.1) is 5.56 Å². The van der Waals surface area contributed by atoms with E-state index < -0.39 is 17.8 Å². The second kappa shape index (κ2) is 9.29. The number of hydrogen-bond acceptors (Lipinski definition) is 3. The number of benzene rings is 3. The Hall–Kier alpha value is -3.92. The molecule has 1 aliphatic carbocycles. The van der Waals surface area contributed by atoms with Gasteiger partial charge in [-0.2, -0.15) is 13.2 Å². The Balaban J connectivity index is 1.31. The molecule has 4 nitrogen and oxygen atoms in total. The average molecular weight is 450 g/mol. The molecule has 3 N–H and O–H groups in total. The molecule has 1 aliphatic rings. The molecular weight excluding hydrogens is 429 g/mol. The molecule has 1 amide bonds. The number of ether oxygens (including phenoxy) is 1. The summed E-state index contributed by atoms with van der Waals surface area (Å²) in [5.74, 6) is 5.09. The number of fused-ring (bicyclic) bond motifs is 3. The molecule has 0 atom stereocenters. The molecule has 0 aromatic heterocycles. The summed E-state index contributed by atoms with van der Waals surface area (Å²) in [6.45, 7) is 0.330. The normalized spacial score (nSPS) is 12.3. The Kier molecular flexibility index (Phi) is 6.27. The van der Waals surface area contributed by atoms with Crippen LogP contribution in [0.2, 0.25) is 0 Å². The summed E-state index contributed by atoms with van der Waals surface area (Å²) in [6, 6.07) is 19.3. The fourth-order valence-corrected chi connectivity index (χ4v) is 3.95. The van der Waals surface area contributed by atoms with Crippen LogP contribution in [0.3, 0.4) is 0 Å². The number of hydrogen-bond donors (Lipinski definition) is 2. The van der Waals surface area contributed by atoms with Gasteiger partial charge in [0.15, 0.2) is 0 Å². The largest absolute Gasteiger partial charge is 0.449 e. The van der Waals surface area contributed by atoms with Crippen LogP contribution in [0.4, 0.5) is 23.7 Å². The highest BCUT2D eigenvalue weighted by molar-refractivity contribution is 5.79. The van der Waals surface area contributed by atoms with Crippen LogP contribution in [-0.4, -0.2) is 19.2 Å². The standard InChI is InChI=1S/C26H21F3N2O2/c27-26(28,29)24-13-12-18(30)15-17(24)7-5-6-14-31-25(32)33-16-23-21-10-3-1-8-19(21)20-9-2-4-11-22(20)23/h1-4,8-13,15,23H,6,14,16,30H2,(H,31,32). The molecule has 0 saturated heterocycles. The monoisotopic (exact) mass is 450 g/mol. The van der Waals surface area contributed by atoms with Gasteiger partial charge in [-0.05, 0) is 40.5 Å². The molecule has 3 aromatic carbocycles. The van der Waals surface area contributed by atoms with Crippen molar-refractivity contribution in [2.24, 2.45) is 0 Å². The van der Waals surface area contributed by atoms with Crippen molar-refractivity contribution in [2.75, 3.05) is 18.9 Å². The minimum atomic E-state index is -4.52. The van der Waals surface area contributed by atoms with Crippen molar-refractivity contribution < 1.29 is 22.7 Å². The summed E-state index contributed by atoms with van der Waals surface area (Å²) in [4.78, 5) is 12.1. The Morgan fingerprint density at radius 2 is 1.64 bits per heavy atom. The van der Waals surface area contributed by atoms with Gasteiger partial charge in [-0.15, -0.1) is 0 Å². The van der Waals surface area contributed by atoms with Crippen LogP contribution in [0.1, 0.15) is 34.6 Å². The van der Waals surface area contributed by atoms with E-state index in [9.17, 15) is 18.0 Å². The fourth-order valence-electron chi connectivity index (χ4n) is 3.95. The summed E-state index contributed by atoms with van der Waals surface area (Å²) in [5, 5.41) is 2.59. The number of anilines is 1. The second-order valence-electron chi connectivity index (χ2n) is 7.61. The number of carbonyl (C=O) groups is 1. The number of alkyl halides is 3. The molecule has 0 fully saturated rings. The molecule has 0 aliphatic heterocycles. The zero-order valence-electron chi connectivity index (χ0n) is 17.6. The first-order valence-corrected chi connectivity index (χ1v) is 10.4. The molecular formula is C26H21F3N2O2. The molecule has 0 saturated carbocycles. The molecule has 0 heterocycles. The molecule has 0 spiro atoms. The number of amides is 1. The molecule has 33 heavy (non-hydrogen) atoms. The lowest BCUT2D eigenvalue weighted by molar-refractivity contribution is -0.137. The summed E-state index contributed by atoms with van der Waals surface area (Å²) in [7, 11) is 0. The van der Waals surface area contributed by atoms with Crippen LogP contribution in [-0.2, 0) is 10.9 Å². The van der Waals surface area contributed by atoms with Crippen molar-refractivity contribution in [3.63, 3.8) is 0 Å². The zero-order valence-corrected chi connectivity index (χ0v) is 17.6. The van der Waals surface area contributed by atoms with E-state index in [1.165, 1.54) is 12.1 Å². The number of nitrogens with one attached hydrogen (secondary N) is 1. The maximum atomic E-state index is 13.1. The minimum Gasteiger partial charge on any atom is -0.449 e. The van der Waals surface area contributed by atoms with E-state index in [4.69, 9.17) is 10.5 Å². The molecule has 4 rings (SSSR count). The van der Waals surface area contributed by atoms with Crippen LogP contribution in [0.5, 0.6) is 0 Å². The van der Waals surface area contributed by atoms with E-state index in [0.717, 1.165) is 28.3 Å². The third-order valence-electron chi connectivity index (χ3n) is 5.44. The molecule has 3 aromatic rings. The van der Waals surface area contributed by atoms with Crippen molar-refractivity contribution >= 4 is 11.8 Å². The predicted octanol–water partition coefficient (Wildman–Crippen LogP) is 5.57. The first kappa shape index (κ1) is 22.3. The summed E-state index contributed by atoms with van der Waals surface area (Å²) in [6.07, 6.45) is -4.95. The Labute approximate surface area is 189 Å². The summed E-state index contributed by atoms with van der Waals surface area (Å²) in [5.41, 5.74) is 9.24. The highest BCUT2D eigenvalue weighted by atomic mass is 19.4. The SMILES string of the molecule is Nc1ccc(C(F)(F)F)c(C#CCCNC(=O)OCC2c3ccccc3-c3ccccc32)c1. The summed E-state index contributed by atoms with van der Waals surface area (Å²) >= 11 is 0. The molecule has 0 bridgehead atoms. The minimum absolute atomic E-state index is 0.0488. The first-order chi connectivity index (χ1) is 15.8. The van der Waals surface area contributed by atoms with E-state index in [2.05, 4.69) is 29.3 Å². The van der Waals surface area contributed by atoms with E-state index in [0.29, 0.717) is 0 Å². The van der Waals surface area contributed by atoms with Crippen molar-refractivity contribution in [1.82, 2.24) is 5.32 Å². The van der Waals surface area contributed by atoms with Gasteiger partial charge in [0.2, 0.25) is 0 Å². The van der Waals surface area contributed by atoms with Gasteiger partial charge in [-0.3, -0.25) is 0 Å². The summed E-state index contributed by atoms with van der Waals surface area (Å²) < 4.78 is 44.7. The third-order valence-corrected chi connectivity index (χ3v) is 5.44. The Morgan fingerprint density at radius 1 is 1.00 bits per heavy atom. The highest BCUT2D eigenvalue weighted by Crippen LogP contribution is 2.44. The maximum Gasteiger partial charge on any atom is 0.417 e. The second-order valence-corrected chi connectivity index (χ2v) is 7.61. The number of halogens is 3. The lowest BCUT2D eigenvalue weighted by atomic mass is 9.98. The lowest BCUT2D eigenvalue weighted by Gasteiger charge is -2.14. The van der Waals surface area contributed by atoms with Gasteiger partial charge in [0, 0.05) is 30.1 Å². The zero-order chi connectivity index (χ0) is 23.4. The average Bonchev–Trinajstić information content (AvgIpc) is 3.10. The van der Waals surface area contributed by atoms with Crippen molar-refractivity contribution in [1.29, 1.82) is 0 Å². The maximum absolute atomic E-state index is 13.1. The Morgan fingerprint density at radius 3 is 2.27 bits per heavy atom. The van der Waals surface area contributed by atoms with E-state index >= 15 is 0 Å². The number of alkyl carbamates (subject to hydrolysis) is 1. The van der Waals surface area contributed by atoms with Crippen LogP contribution in [0.15, 0.2) is 66.7 Å². The van der Waals surface area contributed by atoms with Crippen molar-refractivity contribution in [3.8, 4) is 23.0 Å². The van der Waals surface area contributed by atoms with E-state index in [-0.39, 0.29) is 36.7 Å². The van der Waals surface area contributed by atoms with E-state index in [1.54, 1.807) is 0 Å². The van der Waals surface area contributed by atoms with Gasteiger partial charge in [0.25, 0.3) is 0 Å². The number of carbonyl (C=O) groups excluding carboxylic acids is 1. The number of rotatable bonds is 4. The van der Waals surface area contributed by atoms with Gasteiger partial charge >= 0.3 is 12.3 Å². The first-order valence-electron chi connectivity index (χ1n) is 10.4. The van der Waals surface area contributed by atoms with Gasteiger partial charge in [0.1, 0.15) is 6.61 Å². The molecule has 0 radical (unpaired) electrons. The van der Waals surface area contributed by atoms with Crippen LogP contribution in [0, 0.1) is 11.8 Å². The smallest absolute Gasteiger partial charge is 0.417 e. The topological polar surface area (TPSA) is 64.3 Å². The third kappa shape index (κ3) is 4.96. The predicted molar refractivity (Wildman–Crippen MR) is 120 cm³/mol. The number of nitrogen functional groups attached to an aromatic ring is 1. The fraction of sp³-hybridized carbons (Fsp3) is 0.192. The quantitative estimate of drug-likeness (QED) is 0.310. The van der Waals surface area contributed by atoms with Crippen molar-refractivity contribution in [3.05, 3.63) is 89.0 Å². The lowest BCUT2D eigenvalue weighted by Crippen LogP contribution is -2.26. The van der Waals surface area contributed by atoms with Crippen LogP contribution >= 0.6 is 0 Å². The number of nitrogens with two attached hydrogens (primary N) is 1. The van der Waals surface area contributed by atoms with Crippen LogP contribution < -0.4 is 11.1 Å². The van der Waals surface area contributed by atoms with Gasteiger partial charge in [-0.1, -0.05) is 60.4 Å². The molecule has 0 unspecified atom stereocenters. The highest BCUT2D eigenvalue weighted by Gasteiger charge is 2.33. The van der Waals surface area contributed by atoms with Gasteiger partial charge in [-0.25, -0.2) is 4.79 Å². The Bertz CT molecular complexity index is 1200. The molecule has 7 heteroatoms. The van der Waals surface area contributed by atoms with Crippen LogP contribution in [0.25, 0.3) is 11.1 Å². The van der Waals surface area contributed by atoms with Crippen molar-refractivity contribution in [2.45, 2.75) is 18.5 Å². The molecule has 168 valence electrons. The van der Waals surface area contributed by atoms with E-state index in [1.807, 2.05) is 36.4 Å². The van der Waals surface area contributed by atoms with Gasteiger partial charge < -0.3 is 15.8 Å².